The Balaban J connectivity index is 2.23. The molecule has 1 aromatic carbocycles. The minimum atomic E-state index is -0.711. The molecule has 0 spiro atoms. The molecule has 3 heteroatoms. The summed E-state index contributed by atoms with van der Waals surface area (Å²) in [4.78, 5) is 0. The summed E-state index contributed by atoms with van der Waals surface area (Å²) in [6, 6.07) is 10.3. The van der Waals surface area contributed by atoms with Gasteiger partial charge in [-0.05, 0) is 24.0 Å². The molecule has 0 saturated heterocycles. The Morgan fingerprint density at radius 2 is 1.90 bits per heavy atom. The van der Waals surface area contributed by atoms with Crippen LogP contribution in [0.4, 0.5) is 0 Å². The van der Waals surface area contributed by atoms with E-state index >= 15 is 0 Å². The number of methoxy groups -OCH3 is 1. The Bertz CT molecular complexity index is 484. The molecule has 114 valence electrons. The SMILES string of the molecule is COCc1cccc(C(O)C2(C#N)CCCCCCC2)c1. The van der Waals surface area contributed by atoms with Crippen LogP contribution in [0.2, 0.25) is 0 Å². The van der Waals surface area contributed by atoms with Crippen molar-refractivity contribution in [1.82, 2.24) is 0 Å². The summed E-state index contributed by atoms with van der Waals surface area (Å²) in [6.07, 6.45) is 6.52. The number of aliphatic hydroxyl groups is 1. The zero-order valence-electron chi connectivity index (χ0n) is 12.8. The van der Waals surface area contributed by atoms with E-state index in [1.807, 2.05) is 24.3 Å². The first-order valence-corrected chi connectivity index (χ1v) is 7.89. The number of benzene rings is 1. The summed E-state index contributed by atoms with van der Waals surface area (Å²) in [7, 11) is 1.66. The molecule has 0 radical (unpaired) electrons. The zero-order valence-corrected chi connectivity index (χ0v) is 12.8. The number of nitrogens with zero attached hydrogens (tertiary/aromatic N) is 1. The molecule has 1 unspecified atom stereocenters. The Morgan fingerprint density at radius 3 is 2.52 bits per heavy atom. The normalized spacial score (nSPS) is 20.0. The molecule has 0 bridgehead atoms. The van der Waals surface area contributed by atoms with Gasteiger partial charge in [0.25, 0.3) is 0 Å². The zero-order chi connectivity index (χ0) is 15.1. The molecule has 2 rings (SSSR count). The molecule has 1 fully saturated rings. The number of hydrogen-bond donors (Lipinski definition) is 1. The molecule has 3 nitrogen and oxygen atoms in total. The van der Waals surface area contributed by atoms with Crippen molar-refractivity contribution in [3.05, 3.63) is 35.4 Å². The predicted octanol–water partition coefficient (Wildman–Crippen LogP) is 4.12. The Labute approximate surface area is 127 Å². The van der Waals surface area contributed by atoms with E-state index < -0.39 is 11.5 Å². The lowest BCUT2D eigenvalue weighted by molar-refractivity contribution is 0.0433. The van der Waals surface area contributed by atoms with Crippen molar-refractivity contribution < 1.29 is 9.84 Å². The van der Waals surface area contributed by atoms with Gasteiger partial charge in [-0.25, -0.2) is 0 Å². The fourth-order valence-electron chi connectivity index (χ4n) is 3.32. The van der Waals surface area contributed by atoms with Gasteiger partial charge >= 0.3 is 0 Å². The maximum Gasteiger partial charge on any atom is 0.0976 e. The van der Waals surface area contributed by atoms with Crippen LogP contribution in [0.15, 0.2) is 24.3 Å². The van der Waals surface area contributed by atoms with Gasteiger partial charge in [-0.1, -0.05) is 56.4 Å². The maximum absolute atomic E-state index is 10.8. The minimum Gasteiger partial charge on any atom is -0.387 e. The van der Waals surface area contributed by atoms with Crippen molar-refractivity contribution in [2.45, 2.75) is 57.7 Å². The summed E-state index contributed by atoms with van der Waals surface area (Å²) < 4.78 is 5.15. The molecule has 0 amide bonds. The second-order valence-electron chi connectivity index (χ2n) is 6.12. The first-order chi connectivity index (χ1) is 10.2. The lowest BCUT2D eigenvalue weighted by atomic mass is 9.71. The highest BCUT2D eigenvalue weighted by molar-refractivity contribution is 5.28. The molecule has 0 heterocycles. The van der Waals surface area contributed by atoms with Crippen molar-refractivity contribution >= 4 is 0 Å². The van der Waals surface area contributed by atoms with Gasteiger partial charge < -0.3 is 9.84 Å². The van der Waals surface area contributed by atoms with E-state index in [0.29, 0.717) is 6.61 Å². The molecular weight excluding hydrogens is 262 g/mol. The van der Waals surface area contributed by atoms with E-state index in [2.05, 4.69) is 6.07 Å². The van der Waals surface area contributed by atoms with Crippen LogP contribution in [0.1, 0.15) is 62.2 Å². The quantitative estimate of drug-likeness (QED) is 0.906. The lowest BCUT2D eigenvalue weighted by Crippen LogP contribution is -2.28. The fraction of sp³-hybridized carbons (Fsp3) is 0.611. The van der Waals surface area contributed by atoms with Crippen LogP contribution in [0.5, 0.6) is 0 Å². The summed E-state index contributed by atoms with van der Waals surface area (Å²) >= 11 is 0. The van der Waals surface area contributed by atoms with Crippen LogP contribution in [-0.4, -0.2) is 12.2 Å². The molecule has 1 N–H and O–H groups in total. The second kappa shape index (κ2) is 7.59. The molecule has 0 aromatic heterocycles. The van der Waals surface area contributed by atoms with E-state index in [0.717, 1.165) is 36.8 Å². The van der Waals surface area contributed by atoms with Gasteiger partial charge in [0.1, 0.15) is 0 Å². The van der Waals surface area contributed by atoms with Gasteiger partial charge in [0.05, 0.1) is 24.2 Å². The Hall–Kier alpha value is -1.37. The van der Waals surface area contributed by atoms with E-state index in [4.69, 9.17) is 4.74 Å². The lowest BCUT2D eigenvalue weighted by Gasteiger charge is -2.33. The van der Waals surface area contributed by atoms with Gasteiger partial charge in [-0.2, -0.15) is 5.26 Å². The van der Waals surface area contributed by atoms with Crippen molar-refractivity contribution in [1.29, 1.82) is 5.26 Å². The average molecular weight is 287 g/mol. The molecular formula is C18H25NO2. The fourth-order valence-corrected chi connectivity index (χ4v) is 3.32. The van der Waals surface area contributed by atoms with Crippen LogP contribution in [0.25, 0.3) is 0 Å². The number of nitriles is 1. The molecule has 0 aliphatic heterocycles. The van der Waals surface area contributed by atoms with Crippen molar-refractivity contribution in [3.63, 3.8) is 0 Å². The van der Waals surface area contributed by atoms with Gasteiger partial charge in [-0.3, -0.25) is 0 Å². The summed E-state index contributed by atoms with van der Waals surface area (Å²) in [5.74, 6) is 0. The van der Waals surface area contributed by atoms with E-state index in [1.165, 1.54) is 19.3 Å². The highest BCUT2D eigenvalue weighted by atomic mass is 16.5. The average Bonchev–Trinajstić information content (AvgIpc) is 2.48. The minimum absolute atomic E-state index is 0.528. The molecule has 1 saturated carbocycles. The van der Waals surface area contributed by atoms with E-state index in [-0.39, 0.29) is 0 Å². The molecule has 1 atom stereocenters. The highest BCUT2D eigenvalue weighted by Gasteiger charge is 2.38. The molecule has 1 aliphatic carbocycles. The highest BCUT2D eigenvalue weighted by Crippen LogP contribution is 2.44. The van der Waals surface area contributed by atoms with Crippen molar-refractivity contribution in [2.24, 2.45) is 5.41 Å². The Kier molecular flexibility index (Phi) is 5.78. The largest absolute Gasteiger partial charge is 0.387 e. The monoisotopic (exact) mass is 287 g/mol. The van der Waals surface area contributed by atoms with Gasteiger partial charge in [0.15, 0.2) is 0 Å². The van der Waals surface area contributed by atoms with Gasteiger partial charge in [0.2, 0.25) is 0 Å². The summed E-state index contributed by atoms with van der Waals surface area (Å²) in [5.41, 5.74) is 1.24. The molecule has 1 aliphatic rings. The van der Waals surface area contributed by atoms with Crippen LogP contribution in [0.3, 0.4) is 0 Å². The summed E-state index contributed by atoms with van der Waals surface area (Å²) in [5, 5.41) is 20.6. The Morgan fingerprint density at radius 1 is 1.24 bits per heavy atom. The topological polar surface area (TPSA) is 53.2 Å². The summed E-state index contributed by atoms with van der Waals surface area (Å²) in [6.45, 7) is 0.528. The van der Waals surface area contributed by atoms with Crippen LogP contribution in [0, 0.1) is 16.7 Å². The van der Waals surface area contributed by atoms with Crippen molar-refractivity contribution in [3.8, 4) is 6.07 Å². The van der Waals surface area contributed by atoms with E-state index in [9.17, 15) is 10.4 Å². The third kappa shape index (κ3) is 3.84. The second-order valence-corrected chi connectivity index (χ2v) is 6.12. The van der Waals surface area contributed by atoms with Gasteiger partial charge in [0, 0.05) is 7.11 Å². The van der Waals surface area contributed by atoms with Gasteiger partial charge in [-0.15, -0.1) is 0 Å². The molecule has 1 aromatic rings. The number of aliphatic hydroxyl groups excluding tert-OH is 1. The van der Waals surface area contributed by atoms with Crippen LogP contribution in [-0.2, 0) is 11.3 Å². The third-order valence-corrected chi connectivity index (χ3v) is 4.57. The third-order valence-electron chi connectivity index (χ3n) is 4.57. The van der Waals surface area contributed by atoms with Crippen molar-refractivity contribution in [2.75, 3.05) is 7.11 Å². The number of ether oxygens (including phenoxy) is 1. The maximum atomic E-state index is 10.8. The molecule has 21 heavy (non-hydrogen) atoms. The standard InChI is InChI=1S/C18H25NO2/c1-21-13-15-8-7-9-16(12-15)17(20)18(14-19)10-5-3-2-4-6-11-18/h7-9,12,17,20H,2-6,10-11,13H2,1H3. The smallest absolute Gasteiger partial charge is 0.0976 e. The van der Waals surface area contributed by atoms with Crippen LogP contribution >= 0.6 is 0 Å². The predicted molar refractivity (Wildman–Crippen MR) is 82.5 cm³/mol. The van der Waals surface area contributed by atoms with E-state index in [1.54, 1.807) is 7.11 Å². The number of hydrogen-bond acceptors (Lipinski definition) is 3. The van der Waals surface area contributed by atoms with Crippen LogP contribution < -0.4 is 0 Å². The first-order valence-electron chi connectivity index (χ1n) is 7.89. The first kappa shape index (κ1) is 16.0. The number of rotatable bonds is 4.